The molecule has 0 radical (unpaired) electrons. The van der Waals surface area contributed by atoms with Gasteiger partial charge in [0.05, 0.1) is 11.1 Å². The molecule has 0 bridgehead atoms. The number of carboxylic acid groups (broad SMARTS) is 2. The maximum Gasteiger partial charge on any atom is 0.335 e. The van der Waals surface area contributed by atoms with E-state index in [2.05, 4.69) is 13.8 Å². The van der Waals surface area contributed by atoms with Gasteiger partial charge in [0.2, 0.25) is 0 Å². The monoisotopic (exact) mass is 538 g/mol. The summed E-state index contributed by atoms with van der Waals surface area (Å²) in [6, 6.07) is 10.1. The van der Waals surface area contributed by atoms with Crippen LogP contribution in [0, 0.1) is 0 Å². The zero-order valence-corrected chi connectivity index (χ0v) is 24.3. The molecule has 0 aliphatic carbocycles. The average Bonchev–Trinajstić information content (AvgIpc) is 2.92. The Hall–Kier alpha value is -2.82. The number of carboxylic acids is 2. The van der Waals surface area contributed by atoms with Crippen molar-refractivity contribution in [3.8, 4) is 11.5 Å². The summed E-state index contributed by atoms with van der Waals surface area (Å²) in [5.74, 6) is -0.578. The first kappa shape index (κ1) is 32.4. The molecule has 216 valence electrons. The molecule has 0 aliphatic heterocycles. The SMILES string of the molecule is CCCCCCCCCCc1cc(C(=O)O)ccc1Oc1ccc(C(=O)O)cc1CCCCCCCCCC. The van der Waals surface area contributed by atoms with Crippen LogP contribution in [-0.4, -0.2) is 22.2 Å². The number of aryl methyl sites for hydroxylation is 2. The van der Waals surface area contributed by atoms with Crippen LogP contribution in [0.3, 0.4) is 0 Å². The lowest BCUT2D eigenvalue weighted by Crippen LogP contribution is -2.03. The Morgan fingerprint density at radius 3 is 1.21 bits per heavy atom. The third-order valence-corrected chi connectivity index (χ3v) is 7.43. The largest absolute Gasteiger partial charge is 0.478 e. The molecule has 0 unspecified atom stereocenters. The number of aromatic carboxylic acids is 2. The minimum absolute atomic E-state index is 0.261. The second kappa shape index (κ2) is 19.3. The number of hydrogen-bond acceptors (Lipinski definition) is 3. The molecule has 5 nitrogen and oxygen atoms in total. The third-order valence-electron chi connectivity index (χ3n) is 7.43. The zero-order chi connectivity index (χ0) is 28.3. The summed E-state index contributed by atoms with van der Waals surface area (Å²) in [6.45, 7) is 4.45. The van der Waals surface area contributed by atoms with Crippen LogP contribution < -0.4 is 4.74 Å². The van der Waals surface area contributed by atoms with Crippen LogP contribution in [0.15, 0.2) is 36.4 Å². The fraction of sp³-hybridized carbons (Fsp3) is 0.588. The average molecular weight is 539 g/mol. The van der Waals surface area contributed by atoms with Gasteiger partial charge < -0.3 is 14.9 Å². The predicted octanol–water partition coefficient (Wildman–Crippen LogP) is 10.2. The van der Waals surface area contributed by atoms with E-state index in [1.54, 1.807) is 36.4 Å². The Kier molecular flexibility index (Phi) is 16.0. The van der Waals surface area contributed by atoms with Gasteiger partial charge in [-0.25, -0.2) is 9.59 Å². The quantitative estimate of drug-likeness (QED) is 0.146. The number of rotatable bonds is 22. The van der Waals surface area contributed by atoms with Crippen molar-refractivity contribution in [2.75, 3.05) is 0 Å². The van der Waals surface area contributed by atoms with Gasteiger partial charge in [0, 0.05) is 0 Å². The predicted molar refractivity (Wildman–Crippen MR) is 160 cm³/mol. The number of carbonyl (C=O) groups is 2. The van der Waals surface area contributed by atoms with E-state index in [1.807, 2.05) is 0 Å². The van der Waals surface area contributed by atoms with Crippen LogP contribution in [0.2, 0.25) is 0 Å². The first-order chi connectivity index (χ1) is 19.0. The molecule has 5 heteroatoms. The van der Waals surface area contributed by atoms with Crippen molar-refractivity contribution in [3.05, 3.63) is 58.7 Å². The van der Waals surface area contributed by atoms with E-state index in [0.29, 0.717) is 11.5 Å². The Balaban J connectivity index is 2.06. The molecule has 0 amide bonds. The van der Waals surface area contributed by atoms with E-state index in [-0.39, 0.29) is 11.1 Å². The van der Waals surface area contributed by atoms with E-state index in [1.165, 1.54) is 77.0 Å². The zero-order valence-electron chi connectivity index (χ0n) is 24.3. The number of benzene rings is 2. The summed E-state index contributed by atoms with van der Waals surface area (Å²) in [6.07, 6.45) is 20.9. The molecule has 39 heavy (non-hydrogen) atoms. The molecule has 0 atom stereocenters. The summed E-state index contributed by atoms with van der Waals surface area (Å²) < 4.78 is 6.37. The van der Waals surface area contributed by atoms with Gasteiger partial charge in [-0.05, 0) is 73.2 Å². The molecule has 2 N–H and O–H groups in total. The lowest BCUT2D eigenvalue weighted by molar-refractivity contribution is 0.0686. The van der Waals surface area contributed by atoms with E-state index in [0.717, 1.165) is 49.7 Å². The van der Waals surface area contributed by atoms with Crippen molar-refractivity contribution < 1.29 is 24.5 Å². The van der Waals surface area contributed by atoms with Crippen molar-refractivity contribution in [1.82, 2.24) is 0 Å². The topological polar surface area (TPSA) is 83.8 Å². The molecule has 2 aromatic carbocycles. The summed E-state index contributed by atoms with van der Waals surface area (Å²) in [7, 11) is 0. The lowest BCUT2D eigenvalue weighted by Gasteiger charge is -2.16. The highest BCUT2D eigenvalue weighted by atomic mass is 16.5. The highest BCUT2D eigenvalue weighted by Crippen LogP contribution is 2.32. The first-order valence-corrected chi connectivity index (χ1v) is 15.4. The summed E-state index contributed by atoms with van der Waals surface area (Å²) in [5.41, 5.74) is 2.30. The third kappa shape index (κ3) is 12.7. The van der Waals surface area contributed by atoms with Crippen LogP contribution in [0.4, 0.5) is 0 Å². The standard InChI is InChI=1S/C34H50O5/c1-3-5-7-9-11-13-15-17-19-27-25-29(33(35)36)21-23-31(27)39-32-24-22-30(34(37)38)26-28(32)20-18-16-14-12-10-8-6-4-2/h21-26H,3-20H2,1-2H3,(H,35,36)(H,37,38). The fourth-order valence-corrected chi connectivity index (χ4v) is 5.03. The van der Waals surface area contributed by atoms with Gasteiger partial charge in [-0.2, -0.15) is 0 Å². The van der Waals surface area contributed by atoms with Gasteiger partial charge in [0.25, 0.3) is 0 Å². The summed E-state index contributed by atoms with van der Waals surface area (Å²) in [5, 5.41) is 19.1. The summed E-state index contributed by atoms with van der Waals surface area (Å²) in [4.78, 5) is 23.3. The van der Waals surface area contributed by atoms with Crippen LogP contribution in [-0.2, 0) is 12.8 Å². The van der Waals surface area contributed by atoms with Gasteiger partial charge in [-0.3, -0.25) is 0 Å². The van der Waals surface area contributed by atoms with Gasteiger partial charge in [0.15, 0.2) is 0 Å². The maximum atomic E-state index is 11.6. The Morgan fingerprint density at radius 1 is 0.538 bits per heavy atom. The lowest BCUT2D eigenvalue weighted by atomic mass is 10.0. The summed E-state index contributed by atoms with van der Waals surface area (Å²) >= 11 is 0. The van der Waals surface area contributed by atoms with Crippen LogP contribution in [0.25, 0.3) is 0 Å². The fourth-order valence-electron chi connectivity index (χ4n) is 5.03. The minimum Gasteiger partial charge on any atom is -0.478 e. The van der Waals surface area contributed by atoms with Crippen molar-refractivity contribution >= 4 is 11.9 Å². The molecule has 0 saturated carbocycles. The molecular formula is C34H50O5. The van der Waals surface area contributed by atoms with Crippen LogP contribution in [0.1, 0.15) is 148 Å². The molecule has 2 aromatic rings. The first-order valence-electron chi connectivity index (χ1n) is 15.4. The van der Waals surface area contributed by atoms with Crippen LogP contribution >= 0.6 is 0 Å². The van der Waals surface area contributed by atoms with Crippen LogP contribution in [0.5, 0.6) is 11.5 Å². The minimum atomic E-state index is -0.945. The molecule has 0 saturated heterocycles. The van der Waals surface area contributed by atoms with Gasteiger partial charge in [-0.1, -0.05) is 104 Å². The number of unbranched alkanes of at least 4 members (excludes halogenated alkanes) is 14. The van der Waals surface area contributed by atoms with E-state index >= 15 is 0 Å². The van der Waals surface area contributed by atoms with Gasteiger partial charge >= 0.3 is 11.9 Å². The molecule has 0 spiro atoms. The second-order valence-corrected chi connectivity index (χ2v) is 10.8. The number of hydrogen-bond donors (Lipinski definition) is 2. The molecule has 0 heterocycles. The number of ether oxygens (including phenoxy) is 1. The van der Waals surface area contributed by atoms with E-state index in [9.17, 15) is 19.8 Å². The Bertz CT molecular complexity index is 918. The maximum absolute atomic E-state index is 11.6. The van der Waals surface area contributed by atoms with Crippen molar-refractivity contribution in [2.24, 2.45) is 0 Å². The molecule has 2 rings (SSSR count). The smallest absolute Gasteiger partial charge is 0.335 e. The highest BCUT2D eigenvalue weighted by Gasteiger charge is 2.14. The molecule has 0 aliphatic rings. The van der Waals surface area contributed by atoms with Gasteiger partial charge in [0.1, 0.15) is 11.5 Å². The second-order valence-electron chi connectivity index (χ2n) is 10.8. The highest BCUT2D eigenvalue weighted by molar-refractivity contribution is 5.88. The Morgan fingerprint density at radius 2 is 0.872 bits per heavy atom. The van der Waals surface area contributed by atoms with Gasteiger partial charge in [-0.15, -0.1) is 0 Å². The van der Waals surface area contributed by atoms with Crippen molar-refractivity contribution in [2.45, 2.75) is 129 Å². The molecule has 0 fully saturated rings. The Labute approximate surface area is 236 Å². The molecular weight excluding hydrogens is 488 g/mol. The van der Waals surface area contributed by atoms with Crippen molar-refractivity contribution in [1.29, 1.82) is 0 Å². The van der Waals surface area contributed by atoms with E-state index in [4.69, 9.17) is 4.74 Å². The van der Waals surface area contributed by atoms with E-state index < -0.39 is 11.9 Å². The molecule has 0 aromatic heterocycles. The normalized spacial score (nSPS) is 11.0. The van der Waals surface area contributed by atoms with Crippen molar-refractivity contribution in [3.63, 3.8) is 0 Å².